The SMILES string of the molecule is COc1ccc(S(=O)(=O)N2CC[C@H]2C(=O)O)c(OC)c1. The zero-order chi connectivity index (χ0) is 14.9. The highest BCUT2D eigenvalue weighted by Gasteiger charge is 2.43. The van der Waals surface area contributed by atoms with Gasteiger partial charge in [-0.3, -0.25) is 4.79 Å². The molecule has 1 aromatic rings. The Kier molecular flexibility index (Phi) is 3.87. The largest absolute Gasteiger partial charge is 0.497 e. The fourth-order valence-electron chi connectivity index (χ4n) is 2.01. The lowest BCUT2D eigenvalue weighted by molar-refractivity contribution is -0.144. The first-order valence-corrected chi connectivity index (χ1v) is 7.32. The summed E-state index contributed by atoms with van der Waals surface area (Å²) in [6, 6.07) is 3.28. The van der Waals surface area contributed by atoms with Gasteiger partial charge in [0.25, 0.3) is 0 Å². The maximum absolute atomic E-state index is 12.5. The Balaban J connectivity index is 2.42. The maximum atomic E-state index is 12.5. The average molecular weight is 301 g/mol. The van der Waals surface area contributed by atoms with Crippen molar-refractivity contribution in [2.24, 2.45) is 0 Å². The monoisotopic (exact) mass is 301 g/mol. The summed E-state index contributed by atoms with van der Waals surface area (Å²) >= 11 is 0. The number of sulfonamides is 1. The zero-order valence-electron chi connectivity index (χ0n) is 11.1. The lowest BCUT2D eigenvalue weighted by atomic mass is 10.1. The standard InChI is InChI=1S/C12H15NO6S/c1-18-8-3-4-11(10(7-8)19-2)20(16,17)13-6-5-9(13)12(14)15/h3-4,7,9H,5-6H2,1-2H3,(H,14,15)/t9-/m0/s1. The van der Waals surface area contributed by atoms with E-state index in [0.29, 0.717) is 12.2 Å². The van der Waals surface area contributed by atoms with Crippen molar-refractivity contribution in [1.82, 2.24) is 4.31 Å². The number of ether oxygens (including phenoxy) is 2. The zero-order valence-corrected chi connectivity index (χ0v) is 11.9. The van der Waals surface area contributed by atoms with Crippen molar-refractivity contribution in [2.45, 2.75) is 17.4 Å². The van der Waals surface area contributed by atoms with Gasteiger partial charge in [-0.25, -0.2) is 8.42 Å². The molecular weight excluding hydrogens is 286 g/mol. The third kappa shape index (κ3) is 2.32. The molecule has 7 nitrogen and oxygen atoms in total. The molecule has 0 unspecified atom stereocenters. The van der Waals surface area contributed by atoms with Gasteiger partial charge in [0.2, 0.25) is 10.0 Å². The van der Waals surface area contributed by atoms with Crippen molar-refractivity contribution in [1.29, 1.82) is 0 Å². The van der Waals surface area contributed by atoms with Crippen molar-refractivity contribution < 1.29 is 27.8 Å². The van der Waals surface area contributed by atoms with E-state index in [4.69, 9.17) is 14.6 Å². The minimum atomic E-state index is -3.89. The van der Waals surface area contributed by atoms with E-state index in [0.717, 1.165) is 4.31 Å². The molecule has 1 heterocycles. The molecule has 20 heavy (non-hydrogen) atoms. The minimum Gasteiger partial charge on any atom is -0.497 e. The number of rotatable bonds is 5. The van der Waals surface area contributed by atoms with Crippen LogP contribution in [0.4, 0.5) is 0 Å². The van der Waals surface area contributed by atoms with E-state index in [9.17, 15) is 13.2 Å². The van der Waals surface area contributed by atoms with Gasteiger partial charge in [-0.15, -0.1) is 0 Å². The Morgan fingerprint density at radius 2 is 2.05 bits per heavy atom. The summed E-state index contributed by atoms with van der Waals surface area (Å²) in [5.74, 6) is -0.563. The van der Waals surface area contributed by atoms with Gasteiger partial charge < -0.3 is 14.6 Å². The number of hydrogen-bond donors (Lipinski definition) is 1. The second-order valence-electron chi connectivity index (χ2n) is 4.28. The van der Waals surface area contributed by atoms with E-state index in [1.807, 2.05) is 0 Å². The molecule has 8 heteroatoms. The summed E-state index contributed by atoms with van der Waals surface area (Å²) in [6.07, 6.45) is 0.313. The van der Waals surface area contributed by atoms with E-state index < -0.39 is 22.0 Å². The third-order valence-corrected chi connectivity index (χ3v) is 5.16. The lowest BCUT2D eigenvalue weighted by Gasteiger charge is -2.36. The van der Waals surface area contributed by atoms with E-state index in [-0.39, 0.29) is 17.2 Å². The van der Waals surface area contributed by atoms with Crippen LogP contribution >= 0.6 is 0 Å². The maximum Gasteiger partial charge on any atom is 0.322 e. The molecule has 1 saturated heterocycles. The molecule has 2 rings (SSSR count). The van der Waals surface area contributed by atoms with E-state index in [2.05, 4.69) is 0 Å². The van der Waals surface area contributed by atoms with Crippen LogP contribution in [-0.2, 0) is 14.8 Å². The Bertz CT molecular complexity index is 627. The van der Waals surface area contributed by atoms with Gasteiger partial charge in [0, 0.05) is 12.6 Å². The average Bonchev–Trinajstić information content (AvgIpc) is 2.35. The number of carbonyl (C=O) groups is 1. The minimum absolute atomic E-state index is 0.0632. The number of methoxy groups -OCH3 is 2. The van der Waals surface area contributed by atoms with E-state index in [1.165, 1.54) is 32.4 Å². The molecule has 1 aliphatic heterocycles. The number of benzene rings is 1. The molecule has 0 aliphatic carbocycles. The van der Waals surface area contributed by atoms with Gasteiger partial charge in [-0.1, -0.05) is 0 Å². The first-order valence-electron chi connectivity index (χ1n) is 5.88. The lowest BCUT2D eigenvalue weighted by Crippen LogP contribution is -2.54. The van der Waals surface area contributed by atoms with Crippen molar-refractivity contribution in [3.05, 3.63) is 18.2 Å². The number of hydrogen-bond acceptors (Lipinski definition) is 5. The van der Waals surface area contributed by atoms with Crippen LogP contribution in [0.1, 0.15) is 6.42 Å². The second kappa shape index (κ2) is 5.29. The highest BCUT2D eigenvalue weighted by molar-refractivity contribution is 7.89. The summed E-state index contributed by atoms with van der Waals surface area (Å²) in [4.78, 5) is 10.9. The molecule has 0 saturated carbocycles. The topological polar surface area (TPSA) is 93.1 Å². The Labute approximate surface area is 116 Å². The summed E-state index contributed by atoms with van der Waals surface area (Å²) < 4.78 is 35.9. The van der Waals surface area contributed by atoms with Crippen LogP contribution in [0.5, 0.6) is 11.5 Å². The number of carboxylic acids is 1. The Morgan fingerprint density at radius 3 is 2.50 bits per heavy atom. The van der Waals surface area contributed by atoms with E-state index in [1.54, 1.807) is 0 Å². The van der Waals surface area contributed by atoms with Crippen LogP contribution in [-0.4, -0.2) is 50.6 Å². The predicted octanol–water partition coefficient (Wildman–Crippen LogP) is 0.551. The van der Waals surface area contributed by atoms with Gasteiger partial charge >= 0.3 is 5.97 Å². The molecule has 0 bridgehead atoms. The van der Waals surface area contributed by atoms with Crippen molar-refractivity contribution in [2.75, 3.05) is 20.8 Å². The van der Waals surface area contributed by atoms with Crippen LogP contribution in [0, 0.1) is 0 Å². The van der Waals surface area contributed by atoms with Crippen LogP contribution in [0.2, 0.25) is 0 Å². The molecular formula is C12H15NO6S. The molecule has 1 aliphatic rings. The van der Waals surface area contributed by atoms with Gasteiger partial charge in [-0.2, -0.15) is 4.31 Å². The van der Waals surface area contributed by atoms with Gasteiger partial charge in [-0.05, 0) is 18.6 Å². The smallest absolute Gasteiger partial charge is 0.322 e. The molecule has 1 N–H and O–H groups in total. The molecule has 0 amide bonds. The summed E-state index contributed by atoms with van der Waals surface area (Å²) in [7, 11) is -1.09. The second-order valence-corrected chi connectivity index (χ2v) is 6.13. The number of nitrogens with zero attached hydrogens (tertiary/aromatic N) is 1. The molecule has 0 radical (unpaired) electrons. The fraction of sp³-hybridized carbons (Fsp3) is 0.417. The molecule has 1 aromatic carbocycles. The van der Waals surface area contributed by atoms with Gasteiger partial charge in [0.15, 0.2) is 0 Å². The third-order valence-electron chi connectivity index (χ3n) is 3.21. The summed E-state index contributed by atoms with van der Waals surface area (Å²) in [5.41, 5.74) is 0. The molecule has 110 valence electrons. The molecule has 0 spiro atoms. The molecule has 0 aromatic heterocycles. The van der Waals surface area contributed by atoms with Crippen LogP contribution in [0.25, 0.3) is 0 Å². The molecule has 1 atom stereocenters. The number of carboxylic acid groups (broad SMARTS) is 1. The first-order chi connectivity index (χ1) is 9.41. The van der Waals surface area contributed by atoms with Crippen molar-refractivity contribution in [3.8, 4) is 11.5 Å². The Morgan fingerprint density at radius 1 is 1.35 bits per heavy atom. The predicted molar refractivity (Wildman–Crippen MR) is 69.5 cm³/mol. The van der Waals surface area contributed by atoms with Crippen molar-refractivity contribution in [3.63, 3.8) is 0 Å². The van der Waals surface area contributed by atoms with Gasteiger partial charge in [0.05, 0.1) is 14.2 Å². The van der Waals surface area contributed by atoms with Crippen LogP contribution in [0.15, 0.2) is 23.1 Å². The normalized spacial score (nSPS) is 19.2. The van der Waals surface area contributed by atoms with Crippen molar-refractivity contribution >= 4 is 16.0 Å². The van der Waals surface area contributed by atoms with Crippen LogP contribution < -0.4 is 9.47 Å². The highest BCUT2D eigenvalue weighted by Crippen LogP contribution is 2.34. The van der Waals surface area contributed by atoms with Crippen LogP contribution in [0.3, 0.4) is 0 Å². The quantitative estimate of drug-likeness (QED) is 0.853. The summed E-state index contributed by atoms with van der Waals surface area (Å²) in [5, 5.41) is 8.97. The molecule has 1 fully saturated rings. The number of aliphatic carboxylic acids is 1. The first kappa shape index (κ1) is 14.6. The Hall–Kier alpha value is -1.80. The summed E-state index contributed by atoms with van der Waals surface area (Å²) in [6.45, 7) is 0.189. The highest BCUT2D eigenvalue weighted by atomic mass is 32.2. The van der Waals surface area contributed by atoms with Gasteiger partial charge in [0.1, 0.15) is 22.4 Å². The fourth-order valence-corrected chi connectivity index (χ4v) is 3.78. The van der Waals surface area contributed by atoms with E-state index >= 15 is 0 Å².